The molecular formula is C6H6NO2S. The molecule has 3 nitrogen and oxygen atoms in total. The molecule has 0 bridgehead atoms. The molecule has 1 aliphatic heterocycles. The number of thioether (sulfide) groups is 1. The van der Waals surface area contributed by atoms with Gasteiger partial charge in [-0.25, -0.2) is 0 Å². The van der Waals surface area contributed by atoms with Crippen LogP contribution in [0.2, 0.25) is 0 Å². The fraction of sp³-hybridized carbons (Fsp3) is 0.167. The molecule has 4 heteroatoms. The molecule has 2 amide bonds. The summed E-state index contributed by atoms with van der Waals surface area (Å²) in [6, 6.07) is 0. The van der Waals surface area contributed by atoms with E-state index in [1.54, 1.807) is 0 Å². The highest BCUT2D eigenvalue weighted by Gasteiger charge is 2.28. The third kappa shape index (κ3) is 1.21. The number of carbonyl (C=O) groups excluding carboxylic acids is 2. The van der Waals surface area contributed by atoms with Crippen LogP contribution in [0.25, 0.3) is 0 Å². The lowest BCUT2D eigenvalue weighted by atomic mass is 10.5. The fourth-order valence-corrected chi connectivity index (χ4v) is 1.23. The number of carbonyl (C=O) groups is 2. The molecule has 0 aromatic carbocycles. The molecule has 1 heterocycles. The highest BCUT2D eigenvalue weighted by atomic mass is 32.2. The van der Waals surface area contributed by atoms with Crippen LogP contribution in [0.1, 0.15) is 0 Å². The smallest absolute Gasteiger partial charge is 0.273 e. The molecular weight excluding hydrogens is 150 g/mol. The lowest BCUT2D eigenvalue weighted by Gasteiger charge is -2.07. The van der Waals surface area contributed by atoms with Crippen molar-refractivity contribution in [1.29, 1.82) is 0 Å². The SMILES string of the molecule is C=CCN1C(=O)[CH]SC1=O. The van der Waals surface area contributed by atoms with Crippen LogP contribution in [0, 0.1) is 5.75 Å². The van der Waals surface area contributed by atoms with Crippen molar-refractivity contribution in [3.63, 3.8) is 0 Å². The molecule has 10 heavy (non-hydrogen) atoms. The van der Waals surface area contributed by atoms with Gasteiger partial charge in [0, 0.05) is 6.54 Å². The largest absolute Gasteiger partial charge is 0.289 e. The van der Waals surface area contributed by atoms with Gasteiger partial charge in [0.2, 0.25) is 5.91 Å². The minimum atomic E-state index is -0.241. The molecule has 0 atom stereocenters. The monoisotopic (exact) mass is 156 g/mol. The Hall–Kier alpha value is -0.770. The van der Waals surface area contributed by atoms with Crippen molar-refractivity contribution in [3.8, 4) is 0 Å². The van der Waals surface area contributed by atoms with Crippen LogP contribution in [0.4, 0.5) is 4.79 Å². The van der Waals surface area contributed by atoms with E-state index in [4.69, 9.17) is 0 Å². The van der Waals surface area contributed by atoms with Gasteiger partial charge in [0.1, 0.15) is 5.75 Å². The minimum Gasteiger partial charge on any atom is -0.273 e. The van der Waals surface area contributed by atoms with E-state index in [-0.39, 0.29) is 11.1 Å². The summed E-state index contributed by atoms with van der Waals surface area (Å²) in [6.07, 6.45) is 1.52. The van der Waals surface area contributed by atoms with Crippen LogP contribution >= 0.6 is 11.8 Å². The zero-order valence-electron chi connectivity index (χ0n) is 5.24. The van der Waals surface area contributed by atoms with Gasteiger partial charge >= 0.3 is 0 Å². The first kappa shape index (κ1) is 7.34. The number of rotatable bonds is 2. The van der Waals surface area contributed by atoms with Gasteiger partial charge in [-0.05, 0) is 11.8 Å². The zero-order chi connectivity index (χ0) is 7.56. The molecule has 1 fully saturated rings. The Morgan fingerprint density at radius 2 is 2.40 bits per heavy atom. The molecule has 1 saturated heterocycles. The van der Waals surface area contributed by atoms with E-state index in [0.717, 1.165) is 16.7 Å². The van der Waals surface area contributed by atoms with Gasteiger partial charge in [-0.15, -0.1) is 6.58 Å². The zero-order valence-corrected chi connectivity index (χ0v) is 6.06. The number of imide groups is 1. The fourth-order valence-electron chi connectivity index (χ4n) is 0.612. The summed E-state index contributed by atoms with van der Waals surface area (Å²) < 4.78 is 0. The Morgan fingerprint density at radius 3 is 2.80 bits per heavy atom. The van der Waals surface area contributed by atoms with Crippen molar-refractivity contribution >= 4 is 22.9 Å². The molecule has 1 radical (unpaired) electrons. The summed E-state index contributed by atoms with van der Waals surface area (Å²) in [7, 11) is 0. The van der Waals surface area contributed by atoms with Crippen LogP contribution in [0.5, 0.6) is 0 Å². The summed E-state index contributed by atoms with van der Waals surface area (Å²) >= 11 is 0.918. The quantitative estimate of drug-likeness (QED) is 0.560. The molecule has 0 aromatic rings. The van der Waals surface area contributed by atoms with Crippen molar-refractivity contribution in [2.45, 2.75) is 0 Å². The molecule has 53 valence electrons. The molecule has 0 saturated carbocycles. The number of nitrogens with zero attached hydrogens (tertiary/aromatic N) is 1. The van der Waals surface area contributed by atoms with E-state index >= 15 is 0 Å². The van der Waals surface area contributed by atoms with E-state index in [2.05, 4.69) is 6.58 Å². The lowest BCUT2D eigenvalue weighted by Crippen LogP contribution is -2.27. The number of hydrogen-bond donors (Lipinski definition) is 0. The first-order chi connectivity index (χ1) is 4.75. The van der Waals surface area contributed by atoms with Crippen LogP contribution < -0.4 is 0 Å². The molecule has 0 N–H and O–H groups in total. The van der Waals surface area contributed by atoms with E-state index in [9.17, 15) is 9.59 Å². The maximum atomic E-state index is 10.8. The van der Waals surface area contributed by atoms with Crippen LogP contribution in [-0.2, 0) is 4.79 Å². The van der Waals surface area contributed by atoms with Crippen molar-refractivity contribution < 1.29 is 9.59 Å². The average molecular weight is 156 g/mol. The maximum absolute atomic E-state index is 10.8. The van der Waals surface area contributed by atoms with E-state index in [1.807, 2.05) is 0 Å². The molecule has 0 spiro atoms. The summed E-state index contributed by atoms with van der Waals surface area (Å²) in [5, 5.41) is -0.218. The number of hydrogen-bond acceptors (Lipinski definition) is 3. The van der Waals surface area contributed by atoms with Crippen molar-refractivity contribution in [1.82, 2.24) is 4.90 Å². The second kappa shape index (κ2) is 2.88. The first-order valence-corrected chi connectivity index (χ1v) is 3.60. The minimum absolute atomic E-state index is 0.218. The van der Waals surface area contributed by atoms with E-state index < -0.39 is 0 Å². The molecule has 0 aromatic heterocycles. The van der Waals surface area contributed by atoms with Gasteiger partial charge in [0.15, 0.2) is 0 Å². The highest BCUT2D eigenvalue weighted by Crippen LogP contribution is 2.22. The molecule has 1 rings (SSSR count). The average Bonchev–Trinajstić information content (AvgIpc) is 2.20. The first-order valence-electron chi connectivity index (χ1n) is 2.72. The highest BCUT2D eigenvalue weighted by molar-refractivity contribution is 8.16. The predicted octanol–water partition coefficient (Wildman–Crippen LogP) is 1.03. The van der Waals surface area contributed by atoms with E-state index in [1.165, 1.54) is 11.8 Å². The normalized spacial score (nSPS) is 18.2. The van der Waals surface area contributed by atoms with Gasteiger partial charge in [-0.2, -0.15) is 0 Å². The van der Waals surface area contributed by atoms with Gasteiger partial charge < -0.3 is 0 Å². The summed E-state index contributed by atoms with van der Waals surface area (Å²) in [6.45, 7) is 3.73. The van der Waals surface area contributed by atoms with Gasteiger partial charge in [-0.3, -0.25) is 14.5 Å². The van der Waals surface area contributed by atoms with Crippen molar-refractivity contribution in [2.75, 3.05) is 6.54 Å². The molecule has 0 unspecified atom stereocenters. The van der Waals surface area contributed by atoms with Gasteiger partial charge in [-0.1, -0.05) is 6.08 Å². The second-order valence-corrected chi connectivity index (χ2v) is 2.56. The Morgan fingerprint density at radius 1 is 1.70 bits per heavy atom. The van der Waals surface area contributed by atoms with E-state index in [0.29, 0.717) is 6.54 Å². The van der Waals surface area contributed by atoms with Crippen LogP contribution in [0.15, 0.2) is 12.7 Å². The third-order valence-corrected chi connectivity index (χ3v) is 1.80. The second-order valence-electron chi connectivity index (χ2n) is 1.74. The van der Waals surface area contributed by atoms with Gasteiger partial charge in [0.05, 0.1) is 0 Å². The Kier molecular flexibility index (Phi) is 2.11. The summed E-state index contributed by atoms with van der Waals surface area (Å²) in [4.78, 5) is 22.7. The third-order valence-electron chi connectivity index (χ3n) is 1.06. The van der Waals surface area contributed by atoms with Crippen LogP contribution in [0.3, 0.4) is 0 Å². The lowest BCUT2D eigenvalue weighted by molar-refractivity contribution is -0.122. The molecule has 1 aliphatic rings. The standard InChI is InChI=1S/C6H6NO2S/c1-2-3-7-5(8)4-10-6(7)9/h2,4H,1,3H2. The van der Waals surface area contributed by atoms with Crippen LogP contribution in [-0.4, -0.2) is 22.6 Å². The van der Waals surface area contributed by atoms with Crippen molar-refractivity contribution in [2.24, 2.45) is 0 Å². The summed E-state index contributed by atoms with van der Waals surface area (Å²) in [5.74, 6) is 1.06. The van der Waals surface area contributed by atoms with Crippen molar-refractivity contribution in [3.05, 3.63) is 18.4 Å². The van der Waals surface area contributed by atoms with Gasteiger partial charge in [0.25, 0.3) is 5.24 Å². The topological polar surface area (TPSA) is 37.4 Å². The summed E-state index contributed by atoms with van der Waals surface area (Å²) in [5.41, 5.74) is 0. The Balaban J connectivity index is 2.62. The Bertz CT molecular complexity index is 174. The number of amides is 2. The molecule has 0 aliphatic carbocycles. The maximum Gasteiger partial charge on any atom is 0.289 e. The predicted molar refractivity (Wildman–Crippen MR) is 39.2 cm³/mol. The Labute approximate surface area is 63.1 Å².